The summed E-state index contributed by atoms with van der Waals surface area (Å²) in [6, 6.07) is 5.96. The number of thioether (sulfide) groups is 1. The number of hydrogen-bond acceptors (Lipinski definition) is 6. The molecule has 0 bridgehead atoms. The number of halogens is 2. The Kier molecular flexibility index (Phi) is 6.11. The van der Waals surface area contributed by atoms with Gasteiger partial charge < -0.3 is 9.84 Å². The van der Waals surface area contributed by atoms with Gasteiger partial charge in [0, 0.05) is 24.5 Å². The fraction of sp³-hybridized carbons (Fsp3) is 0.429. The van der Waals surface area contributed by atoms with Crippen LogP contribution in [0.25, 0.3) is 11.5 Å². The Balaban J connectivity index is 0.00000176. The Hall–Kier alpha value is -0.790. The summed E-state index contributed by atoms with van der Waals surface area (Å²) < 4.78 is 5.42. The first-order chi connectivity index (χ1) is 10.2. The summed E-state index contributed by atoms with van der Waals surface area (Å²) in [5, 5.41) is 8.10. The number of nitrogens with zero attached hydrogens (tertiary/aromatic N) is 3. The van der Waals surface area contributed by atoms with Gasteiger partial charge in [-0.1, -0.05) is 16.8 Å². The van der Waals surface area contributed by atoms with Gasteiger partial charge in [0.2, 0.25) is 0 Å². The minimum Gasteiger partial charge on any atom is -0.334 e. The van der Waals surface area contributed by atoms with Crippen LogP contribution in [0.4, 0.5) is 0 Å². The fourth-order valence-corrected chi connectivity index (χ4v) is 3.01. The van der Waals surface area contributed by atoms with Crippen LogP contribution in [0.2, 0.25) is 5.02 Å². The van der Waals surface area contributed by atoms with Gasteiger partial charge in [0.15, 0.2) is 5.82 Å². The van der Waals surface area contributed by atoms with Crippen LogP contribution in [0, 0.1) is 0 Å². The maximum Gasteiger partial charge on any atom is 0.259 e. The zero-order valence-corrected chi connectivity index (χ0v) is 14.8. The van der Waals surface area contributed by atoms with Crippen LogP contribution in [0.15, 0.2) is 27.6 Å². The maximum absolute atomic E-state index is 6.25. The van der Waals surface area contributed by atoms with Crippen molar-refractivity contribution in [3.05, 3.63) is 29.0 Å². The lowest BCUT2D eigenvalue weighted by atomic mass is 10.2. The average molecular weight is 361 g/mol. The Morgan fingerprint density at radius 3 is 3.00 bits per heavy atom. The third kappa shape index (κ3) is 3.58. The number of hydrogen-bond donors (Lipinski definition) is 1. The van der Waals surface area contributed by atoms with Crippen LogP contribution in [-0.2, 0) is 0 Å². The van der Waals surface area contributed by atoms with Gasteiger partial charge in [0.05, 0.1) is 16.6 Å². The second-order valence-electron chi connectivity index (χ2n) is 5.00. The molecule has 2 heterocycles. The normalized spacial score (nSPS) is 19.0. The van der Waals surface area contributed by atoms with Crippen LogP contribution in [0.5, 0.6) is 0 Å². The summed E-state index contributed by atoms with van der Waals surface area (Å²) >= 11 is 7.91. The summed E-state index contributed by atoms with van der Waals surface area (Å²) in [7, 11) is 2.07. The van der Waals surface area contributed by atoms with Crippen molar-refractivity contribution in [3.63, 3.8) is 0 Å². The van der Waals surface area contributed by atoms with Gasteiger partial charge in [-0.3, -0.25) is 4.90 Å². The average Bonchev–Trinajstić information content (AvgIpc) is 2.97. The fourth-order valence-electron chi connectivity index (χ4n) is 2.37. The van der Waals surface area contributed by atoms with Crippen molar-refractivity contribution < 1.29 is 4.52 Å². The molecule has 0 amide bonds. The molecule has 1 saturated heterocycles. The highest BCUT2D eigenvalue weighted by Gasteiger charge is 2.25. The SMILES string of the molecule is CSc1ccc(Cl)c(-c2nc(C3CNCCN3C)no2)c1.Cl. The molecule has 5 nitrogen and oxygen atoms in total. The van der Waals surface area contributed by atoms with Crippen LogP contribution in [0.3, 0.4) is 0 Å². The van der Waals surface area contributed by atoms with Crippen LogP contribution in [0.1, 0.15) is 11.9 Å². The van der Waals surface area contributed by atoms with Crippen molar-refractivity contribution >= 4 is 35.8 Å². The maximum atomic E-state index is 6.25. The number of nitrogens with one attached hydrogen (secondary N) is 1. The summed E-state index contributed by atoms with van der Waals surface area (Å²) in [6.07, 6.45) is 2.02. The highest BCUT2D eigenvalue weighted by Crippen LogP contribution is 2.31. The van der Waals surface area contributed by atoms with E-state index in [0.29, 0.717) is 16.7 Å². The Labute approximate surface area is 145 Å². The third-order valence-corrected chi connectivity index (χ3v) is 4.71. The lowest BCUT2D eigenvalue weighted by molar-refractivity contribution is 0.190. The Morgan fingerprint density at radius 1 is 1.45 bits per heavy atom. The van der Waals surface area contributed by atoms with Gasteiger partial charge in [-0.25, -0.2) is 0 Å². The molecule has 1 fully saturated rings. The molecular weight excluding hydrogens is 343 g/mol. The summed E-state index contributed by atoms with van der Waals surface area (Å²) in [5.41, 5.74) is 0.786. The number of aromatic nitrogens is 2. The number of rotatable bonds is 3. The molecule has 22 heavy (non-hydrogen) atoms. The predicted molar refractivity (Wildman–Crippen MR) is 92.0 cm³/mol. The van der Waals surface area contributed by atoms with E-state index >= 15 is 0 Å². The molecule has 0 aliphatic carbocycles. The minimum absolute atomic E-state index is 0. The molecule has 0 saturated carbocycles. The van der Waals surface area contributed by atoms with Crippen molar-refractivity contribution in [3.8, 4) is 11.5 Å². The highest BCUT2D eigenvalue weighted by atomic mass is 35.5. The Bertz CT molecular complexity index is 637. The lowest BCUT2D eigenvalue weighted by Crippen LogP contribution is -2.44. The summed E-state index contributed by atoms with van der Waals surface area (Å²) in [4.78, 5) is 7.88. The third-order valence-electron chi connectivity index (χ3n) is 3.65. The van der Waals surface area contributed by atoms with Crippen molar-refractivity contribution in [2.24, 2.45) is 0 Å². The number of benzene rings is 1. The standard InChI is InChI=1S/C14H17ClN4OS.ClH/c1-19-6-5-16-8-12(19)13-17-14(20-18-13)10-7-9(21-2)3-4-11(10)15;/h3-4,7,12,16H,5-6,8H2,1-2H3;1H. The number of likely N-dealkylation sites (N-methyl/N-ethyl adjacent to an activating group) is 1. The van der Waals surface area contributed by atoms with E-state index in [1.54, 1.807) is 11.8 Å². The van der Waals surface area contributed by atoms with Crippen molar-refractivity contribution in [1.29, 1.82) is 0 Å². The molecule has 1 aromatic carbocycles. The van der Waals surface area contributed by atoms with Gasteiger partial charge >= 0.3 is 0 Å². The monoisotopic (exact) mass is 360 g/mol. The van der Waals surface area contributed by atoms with E-state index in [0.717, 1.165) is 30.1 Å². The molecule has 1 aliphatic rings. The first kappa shape index (κ1) is 17.6. The molecule has 1 unspecified atom stereocenters. The van der Waals surface area contributed by atoms with Crippen LogP contribution in [-0.4, -0.2) is 48.0 Å². The van der Waals surface area contributed by atoms with Crippen molar-refractivity contribution in [2.45, 2.75) is 10.9 Å². The van der Waals surface area contributed by atoms with E-state index in [1.807, 2.05) is 24.5 Å². The molecule has 120 valence electrons. The summed E-state index contributed by atoms with van der Waals surface area (Å²) in [5.74, 6) is 1.18. The van der Waals surface area contributed by atoms with E-state index in [-0.39, 0.29) is 18.4 Å². The molecular formula is C14H18Cl2N4OS. The van der Waals surface area contributed by atoms with E-state index in [1.165, 1.54) is 0 Å². The lowest BCUT2D eigenvalue weighted by Gasteiger charge is -2.30. The van der Waals surface area contributed by atoms with Gasteiger partial charge in [-0.05, 0) is 31.5 Å². The van der Waals surface area contributed by atoms with E-state index in [9.17, 15) is 0 Å². The second kappa shape index (κ2) is 7.66. The zero-order valence-electron chi connectivity index (χ0n) is 12.4. The molecule has 1 aliphatic heterocycles. The molecule has 0 spiro atoms. The quantitative estimate of drug-likeness (QED) is 0.848. The molecule has 0 radical (unpaired) electrons. The molecule has 2 aromatic rings. The van der Waals surface area contributed by atoms with Gasteiger partial charge in [0.25, 0.3) is 5.89 Å². The minimum atomic E-state index is 0. The highest BCUT2D eigenvalue weighted by molar-refractivity contribution is 7.98. The van der Waals surface area contributed by atoms with Crippen molar-refractivity contribution in [1.82, 2.24) is 20.4 Å². The van der Waals surface area contributed by atoms with Gasteiger partial charge in [-0.15, -0.1) is 24.2 Å². The first-order valence-electron chi connectivity index (χ1n) is 6.77. The van der Waals surface area contributed by atoms with Crippen LogP contribution < -0.4 is 5.32 Å². The van der Waals surface area contributed by atoms with Gasteiger partial charge in [-0.2, -0.15) is 4.98 Å². The molecule has 1 N–H and O–H groups in total. The molecule has 8 heteroatoms. The first-order valence-corrected chi connectivity index (χ1v) is 8.38. The van der Waals surface area contributed by atoms with E-state index in [2.05, 4.69) is 27.4 Å². The number of piperazine rings is 1. The predicted octanol–water partition coefficient (Wildman–Crippen LogP) is 3.11. The smallest absolute Gasteiger partial charge is 0.259 e. The largest absolute Gasteiger partial charge is 0.334 e. The molecule has 1 aromatic heterocycles. The zero-order chi connectivity index (χ0) is 14.8. The topological polar surface area (TPSA) is 54.2 Å². The molecule has 3 rings (SSSR count). The van der Waals surface area contributed by atoms with Crippen molar-refractivity contribution in [2.75, 3.05) is 32.9 Å². The molecule has 1 atom stereocenters. The Morgan fingerprint density at radius 2 is 2.27 bits per heavy atom. The van der Waals surface area contributed by atoms with Crippen LogP contribution >= 0.6 is 35.8 Å². The second-order valence-corrected chi connectivity index (χ2v) is 6.29. The summed E-state index contributed by atoms with van der Waals surface area (Å²) in [6.45, 7) is 2.78. The van der Waals surface area contributed by atoms with E-state index in [4.69, 9.17) is 16.1 Å². The van der Waals surface area contributed by atoms with Gasteiger partial charge in [0.1, 0.15) is 0 Å². The van der Waals surface area contributed by atoms with E-state index < -0.39 is 0 Å².